The van der Waals surface area contributed by atoms with Gasteiger partial charge in [0.25, 0.3) is 0 Å². The number of Topliss-reactive ketones (excluding diaryl/α,β-unsaturated/α-hetero) is 2. The van der Waals surface area contributed by atoms with Crippen LogP contribution >= 0.6 is 0 Å². The number of aliphatic imine (C=N–C) groups is 2. The van der Waals surface area contributed by atoms with Gasteiger partial charge in [0, 0.05) is 37.1 Å². The van der Waals surface area contributed by atoms with Crippen molar-refractivity contribution < 1.29 is 19.8 Å². The number of allylic oxidation sites excluding steroid dienone is 4. The minimum atomic E-state index is -0.213. The first-order valence-corrected chi connectivity index (χ1v) is 15.0. The SMILES string of the molecule is CC1(C)CC(=O)C(=C(O)CCCCC(O)=C2C(=O)CC(C)(C)CC2=NCc2ccccc2)C(=NCc2ccccc2)C1. The van der Waals surface area contributed by atoms with Gasteiger partial charge in [-0.25, -0.2) is 0 Å². The maximum Gasteiger partial charge on any atom is 0.168 e. The zero-order valence-electron chi connectivity index (χ0n) is 25.4. The molecule has 0 unspecified atom stereocenters. The highest BCUT2D eigenvalue weighted by molar-refractivity contribution is 6.25. The number of ketones is 2. The number of hydrogen-bond donors (Lipinski definition) is 2. The molecule has 6 heteroatoms. The number of unbranched alkanes of at least 4 members (excludes halogenated alkanes) is 1. The van der Waals surface area contributed by atoms with Crippen LogP contribution in [0.2, 0.25) is 0 Å². The molecule has 0 aromatic heterocycles. The molecule has 0 spiro atoms. The third kappa shape index (κ3) is 8.37. The van der Waals surface area contributed by atoms with E-state index in [9.17, 15) is 19.8 Å². The summed E-state index contributed by atoms with van der Waals surface area (Å²) in [6.45, 7) is 9.13. The van der Waals surface area contributed by atoms with E-state index in [4.69, 9.17) is 9.98 Å². The van der Waals surface area contributed by atoms with Crippen molar-refractivity contribution in [2.75, 3.05) is 0 Å². The summed E-state index contributed by atoms with van der Waals surface area (Å²) >= 11 is 0. The molecule has 4 rings (SSSR count). The molecule has 2 N–H and O–H groups in total. The van der Waals surface area contributed by atoms with Crippen molar-refractivity contribution in [3.05, 3.63) is 94.5 Å². The summed E-state index contributed by atoms with van der Waals surface area (Å²) in [6.07, 6.45) is 3.73. The summed E-state index contributed by atoms with van der Waals surface area (Å²) in [7, 11) is 0. The van der Waals surface area contributed by atoms with E-state index in [2.05, 4.69) is 27.7 Å². The number of nitrogens with zero attached hydrogens (tertiary/aromatic N) is 2. The second-order valence-electron chi connectivity index (χ2n) is 13.2. The van der Waals surface area contributed by atoms with E-state index in [0.717, 1.165) is 11.1 Å². The minimum Gasteiger partial charge on any atom is -0.511 e. The van der Waals surface area contributed by atoms with Crippen LogP contribution < -0.4 is 0 Å². The van der Waals surface area contributed by atoms with Crippen LogP contribution in [0.5, 0.6) is 0 Å². The minimum absolute atomic E-state index is 0.0649. The lowest BCUT2D eigenvalue weighted by atomic mass is 9.73. The highest BCUT2D eigenvalue weighted by atomic mass is 16.3. The predicted octanol–water partition coefficient (Wildman–Crippen LogP) is 8.23. The van der Waals surface area contributed by atoms with Gasteiger partial charge in [0.2, 0.25) is 0 Å². The maximum atomic E-state index is 13.1. The summed E-state index contributed by atoms with van der Waals surface area (Å²) in [6, 6.07) is 19.8. The summed E-state index contributed by atoms with van der Waals surface area (Å²) in [5.41, 5.74) is 3.71. The monoisotopic (exact) mass is 568 g/mol. The average molecular weight is 569 g/mol. The Bertz CT molecular complexity index is 1300. The average Bonchev–Trinajstić information content (AvgIpc) is 2.92. The molecule has 0 bridgehead atoms. The number of rotatable bonds is 9. The van der Waals surface area contributed by atoms with Crippen molar-refractivity contribution in [1.82, 2.24) is 0 Å². The van der Waals surface area contributed by atoms with Gasteiger partial charge < -0.3 is 10.2 Å². The fraction of sp³-hybridized carbons (Fsp3) is 0.444. The van der Waals surface area contributed by atoms with E-state index in [1.54, 1.807) is 0 Å². The van der Waals surface area contributed by atoms with Crippen molar-refractivity contribution >= 4 is 23.0 Å². The van der Waals surface area contributed by atoms with Crippen LogP contribution in [-0.2, 0) is 22.7 Å². The lowest BCUT2D eigenvalue weighted by Gasteiger charge is -2.31. The van der Waals surface area contributed by atoms with Gasteiger partial charge in [-0.05, 0) is 47.6 Å². The summed E-state index contributed by atoms with van der Waals surface area (Å²) in [5, 5.41) is 22.1. The predicted molar refractivity (Wildman–Crippen MR) is 169 cm³/mol. The quantitative estimate of drug-likeness (QED) is 0.181. The van der Waals surface area contributed by atoms with Gasteiger partial charge in [0.15, 0.2) is 11.6 Å². The molecule has 2 aromatic carbocycles. The Morgan fingerprint density at radius 1 is 0.619 bits per heavy atom. The Balaban J connectivity index is 1.46. The second-order valence-corrected chi connectivity index (χ2v) is 13.2. The van der Waals surface area contributed by atoms with Gasteiger partial charge in [-0.2, -0.15) is 0 Å². The van der Waals surface area contributed by atoms with Gasteiger partial charge in [-0.15, -0.1) is 0 Å². The van der Waals surface area contributed by atoms with Crippen LogP contribution in [0.4, 0.5) is 0 Å². The van der Waals surface area contributed by atoms with Crippen molar-refractivity contribution in [3.8, 4) is 0 Å². The largest absolute Gasteiger partial charge is 0.511 e. The van der Waals surface area contributed by atoms with Crippen LogP contribution in [0.1, 0.15) is 90.2 Å². The normalized spacial score (nSPS) is 22.9. The summed E-state index contributed by atoms with van der Waals surface area (Å²) in [5.74, 6) is -0.0180. The second kappa shape index (κ2) is 13.5. The van der Waals surface area contributed by atoms with E-state index in [0.29, 0.717) is 87.0 Å². The van der Waals surface area contributed by atoms with E-state index in [1.807, 2.05) is 60.7 Å². The standard InChI is InChI=1S/C36H44N2O4/c1-35(2)19-27(37-23-25-13-7-5-8-14-25)33(31(41)21-35)29(39)17-11-12-18-30(40)34-28(20-36(3,4)22-32(34)42)38-24-26-15-9-6-10-16-26/h5-10,13-16,39-40H,11-12,17-24H2,1-4H3. The number of carbonyl (C=O) groups excluding carboxylic acids is 2. The van der Waals surface area contributed by atoms with Crippen LogP contribution in [-0.4, -0.2) is 33.2 Å². The lowest BCUT2D eigenvalue weighted by molar-refractivity contribution is -0.118. The Hall–Kier alpha value is -3.80. The molecule has 2 aromatic rings. The van der Waals surface area contributed by atoms with Gasteiger partial charge >= 0.3 is 0 Å². The van der Waals surface area contributed by atoms with E-state index in [1.165, 1.54) is 0 Å². The maximum absolute atomic E-state index is 13.1. The molecule has 2 aliphatic carbocycles. The number of aliphatic hydroxyl groups excluding tert-OH is 2. The van der Waals surface area contributed by atoms with E-state index in [-0.39, 0.29) is 33.9 Å². The fourth-order valence-electron chi connectivity index (χ4n) is 5.88. The molecule has 42 heavy (non-hydrogen) atoms. The van der Waals surface area contributed by atoms with Crippen LogP contribution in [0, 0.1) is 10.8 Å². The van der Waals surface area contributed by atoms with Crippen LogP contribution in [0.25, 0.3) is 0 Å². The first-order valence-electron chi connectivity index (χ1n) is 15.0. The zero-order chi connectivity index (χ0) is 30.3. The van der Waals surface area contributed by atoms with Gasteiger partial charge in [-0.3, -0.25) is 19.6 Å². The van der Waals surface area contributed by atoms with Crippen molar-refractivity contribution in [2.24, 2.45) is 20.8 Å². The topological polar surface area (TPSA) is 99.3 Å². The van der Waals surface area contributed by atoms with Crippen molar-refractivity contribution in [2.45, 2.75) is 92.2 Å². The first-order chi connectivity index (χ1) is 19.9. The zero-order valence-corrected chi connectivity index (χ0v) is 25.4. The number of aliphatic hydroxyl groups is 2. The van der Waals surface area contributed by atoms with Gasteiger partial charge in [-0.1, -0.05) is 88.4 Å². The fourth-order valence-corrected chi connectivity index (χ4v) is 5.88. The Morgan fingerprint density at radius 3 is 1.33 bits per heavy atom. The molecule has 0 saturated heterocycles. The van der Waals surface area contributed by atoms with Crippen molar-refractivity contribution in [3.63, 3.8) is 0 Å². The van der Waals surface area contributed by atoms with Crippen molar-refractivity contribution in [1.29, 1.82) is 0 Å². The smallest absolute Gasteiger partial charge is 0.168 e. The highest BCUT2D eigenvalue weighted by Crippen LogP contribution is 2.37. The summed E-state index contributed by atoms with van der Waals surface area (Å²) < 4.78 is 0. The molecule has 2 aliphatic rings. The number of hydrogen-bond acceptors (Lipinski definition) is 6. The summed E-state index contributed by atoms with van der Waals surface area (Å²) in [4.78, 5) is 35.8. The molecule has 2 fully saturated rings. The first kappa shape index (κ1) is 31.1. The number of carbonyl (C=O) groups is 2. The molecule has 6 nitrogen and oxygen atoms in total. The van der Waals surface area contributed by atoms with E-state index >= 15 is 0 Å². The van der Waals surface area contributed by atoms with E-state index < -0.39 is 0 Å². The Kier molecular flexibility index (Phi) is 9.97. The third-order valence-electron chi connectivity index (χ3n) is 7.95. The third-order valence-corrected chi connectivity index (χ3v) is 7.95. The Morgan fingerprint density at radius 2 is 0.976 bits per heavy atom. The molecule has 0 atom stereocenters. The lowest BCUT2D eigenvalue weighted by Crippen LogP contribution is -2.33. The molecular formula is C36H44N2O4. The molecule has 0 aliphatic heterocycles. The number of benzene rings is 2. The Labute approximate surface area is 250 Å². The highest BCUT2D eigenvalue weighted by Gasteiger charge is 2.37. The molecule has 0 heterocycles. The van der Waals surface area contributed by atoms with Crippen LogP contribution in [0.3, 0.4) is 0 Å². The molecular weight excluding hydrogens is 524 g/mol. The molecule has 222 valence electrons. The van der Waals surface area contributed by atoms with Crippen LogP contribution in [0.15, 0.2) is 93.3 Å². The molecule has 2 saturated carbocycles. The molecule has 0 amide bonds. The molecule has 0 radical (unpaired) electrons. The van der Waals surface area contributed by atoms with Gasteiger partial charge in [0.1, 0.15) is 11.5 Å². The van der Waals surface area contributed by atoms with Gasteiger partial charge in [0.05, 0.1) is 24.2 Å².